The highest BCUT2D eigenvalue weighted by Crippen LogP contribution is 2.42. The van der Waals surface area contributed by atoms with Gasteiger partial charge in [-0.15, -0.1) is 0 Å². The van der Waals surface area contributed by atoms with Crippen LogP contribution in [-0.4, -0.2) is 82.0 Å². The number of ketones is 1. The molecule has 4 aromatic rings. The van der Waals surface area contributed by atoms with Crippen LogP contribution in [0.2, 0.25) is 0 Å². The third-order valence-corrected chi connectivity index (χ3v) is 8.27. The van der Waals surface area contributed by atoms with Gasteiger partial charge in [0.05, 0.1) is 37.1 Å². The predicted molar refractivity (Wildman–Crippen MR) is 169 cm³/mol. The number of Topliss-reactive ketones (excluding diaryl/α,β-unsaturated/α-hetero) is 1. The van der Waals surface area contributed by atoms with Gasteiger partial charge < -0.3 is 24.2 Å². The number of hydrogen-bond acceptors (Lipinski definition) is 8. The summed E-state index contributed by atoms with van der Waals surface area (Å²) in [5.74, 6) is -0.580. The lowest BCUT2D eigenvalue weighted by Crippen LogP contribution is -2.39. The molecular formula is C35H38N4O6. The van der Waals surface area contributed by atoms with Crippen LogP contribution in [0.5, 0.6) is 11.5 Å². The Morgan fingerprint density at radius 3 is 2.53 bits per heavy atom. The van der Waals surface area contributed by atoms with Crippen molar-refractivity contribution in [2.75, 3.05) is 46.0 Å². The van der Waals surface area contributed by atoms with E-state index in [1.54, 1.807) is 28.5 Å². The van der Waals surface area contributed by atoms with E-state index in [1.165, 1.54) is 0 Å². The summed E-state index contributed by atoms with van der Waals surface area (Å²) in [6.45, 7) is 8.55. The van der Waals surface area contributed by atoms with E-state index in [9.17, 15) is 14.7 Å². The van der Waals surface area contributed by atoms with Crippen molar-refractivity contribution in [1.29, 1.82) is 0 Å². The van der Waals surface area contributed by atoms with Crippen molar-refractivity contribution >= 4 is 23.1 Å². The number of likely N-dealkylation sites (tertiary alicyclic amines) is 1. The van der Waals surface area contributed by atoms with Crippen LogP contribution in [0.25, 0.3) is 11.4 Å². The van der Waals surface area contributed by atoms with Crippen molar-refractivity contribution in [3.63, 3.8) is 0 Å². The molecular weight excluding hydrogens is 572 g/mol. The van der Waals surface area contributed by atoms with E-state index < -0.39 is 17.7 Å². The maximum Gasteiger partial charge on any atom is 0.295 e. The normalized spacial score (nSPS) is 18.5. The fourth-order valence-electron chi connectivity index (χ4n) is 6.09. The summed E-state index contributed by atoms with van der Waals surface area (Å²) < 4.78 is 19.3. The van der Waals surface area contributed by atoms with Gasteiger partial charge in [0.1, 0.15) is 17.9 Å². The summed E-state index contributed by atoms with van der Waals surface area (Å²) in [5.41, 5.74) is 3.25. The predicted octanol–water partition coefficient (Wildman–Crippen LogP) is 4.76. The molecule has 6 rings (SSSR count). The molecule has 234 valence electrons. The number of morpholine rings is 1. The van der Waals surface area contributed by atoms with Gasteiger partial charge in [0.2, 0.25) is 0 Å². The number of aliphatic hydroxyl groups is 1. The zero-order valence-electron chi connectivity index (χ0n) is 25.6. The van der Waals surface area contributed by atoms with Crippen LogP contribution in [0.3, 0.4) is 0 Å². The molecule has 0 radical (unpaired) electrons. The van der Waals surface area contributed by atoms with Crippen LogP contribution in [-0.2, 0) is 20.9 Å². The van der Waals surface area contributed by atoms with Gasteiger partial charge >= 0.3 is 0 Å². The Labute approximate surface area is 262 Å². The average molecular weight is 611 g/mol. The monoisotopic (exact) mass is 610 g/mol. The molecule has 2 aromatic carbocycles. The van der Waals surface area contributed by atoms with E-state index in [0.717, 1.165) is 25.2 Å². The van der Waals surface area contributed by atoms with Crippen LogP contribution in [0, 0.1) is 6.92 Å². The van der Waals surface area contributed by atoms with E-state index in [4.69, 9.17) is 14.2 Å². The fraction of sp³-hybridized carbons (Fsp3) is 0.343. The molecule has 0 aliphatic carbocycles. The Bertz CT molecular complexity index is 1710. The van der Waals surface area contributed by atoms with E-state index in [1.807, 2.05) is 67.6 Å². The van der Waals surface area contributed by atoms with Crippen molar-refractivity contribution < 1.29 is 28.9 Å². The molecule has 2 aliphatic heterocycles. The zero-order valence-corrected chi connectivity index (χ0v) is 25.6. The lowest BCUT2D eigenvalue weighted by molar-refractivity contribution is -0.140. The number of pyridine rings is 1. The third kappa shape index (κ3) is 6.29. The highest BCUT2D eigenvalue weighted by molar-refractivity contribution is 6.46. The van der Waals surface area contributed by atoms with Gasteiger partial charge in [-0.1, -0.05) is 42.5 Å². The number of aromatic nitrogens is 2. The largest absolute Gasteiger partial charge is 0.505 e. The molecule has 0 saturated carbocycles. The molecule has 45 heavy (non-hydrogen) atoms. The number of ether oxygens (including phenoxy) is 3. The molecule has 10 nitrogen and oxygen atoms in total. The second kappa shape index (κ2) is 13.5. The van der Waals surface area contributed by atoms with Crippen LogP contribution in [0.1, 0.15) is 41.9 Å². The molecule has 0 spiro atoms. The van der Waals surface area contributed by atoms with Crippen LogP contribution < -0.4 is 9.47 Å². The first-order chi connectivity index (χ1) is 22.0. The van der Waals surface area contributed by atoms with Crippen LogP contribution in [0.15, 0.2) is 78.5 Å². The summed E-state index contributed by atoms with van der Waals surface area (Å²) >= 11 is 0. The van der Waals surface area contributed by atoms with Crippen molar-refractivity contribution in [1.82, 2.24) is 19.2 Å². The molecule has 1 atom stereocenters. The number of imidazole rings is 1. The smallest absolute Gasteiger partial charge is 0.295 e. The Hall–Kier alpha value is -4.67. The number of fused-ring (bicyclic) bond motifs is 1. The molecule has 2 saturated heterocycles. The summed E-state index contributed by atoms with van der Waals surface area (Å²) in [6.07, 6.45) is 2.44. The molecule has 10 heteroatoms. The van der Waals surface area contributed by atoms with E-state index in [0.29, 0.717) is 73.5 Å². The van der Waals surface area contributed by atoms with Crippen LogP contribution in [0.4, 0.5) is 0 Å². The Balaban J connectivity index is 1.39. The topological polar surface area (TPSA) is 106 Å². The zero-order chi connectivity index (χ0) is 31.3. The Morgan fingerprint density at radius 1 is 0.978 bits per heavy atom. The van der Waals surface area contributed by atoms with Crippen molar-refractivity contribution in [2.45, 2.75) is 32.9 Å². The highest BCUT2D eigenvalue weighted by atomic mass is 16.5. The van der Waals surface area contributed by atoms with Crippen molar-refractivity contribution in [2.24, 2.45) is 0 Å². The molecule has 2 fully saturated rings. The van der Waals surface area contributed by atoms with Crippen molar-refractivity contribution in [3.05, 3.63) is 101 Å². The highest BCUT2D eigenvalue weighted by Gasteiger charge is 2.46. The summed E-state index contributed by atoms with van der Waals surface area (Å²) in [4.78, 5) is 35.9. The number of carbonyl (C=O) groups is 2. The minimum atomic E-state index is -0.828. The van der Waals surface area contributed by atoms with Gasteiger partial charge in [-0.3, -0.25) is 18.9 Å². The summed E-state index contributed by atoms with van der Waals surface area (Å²) in [7, 11) is 0. The van der Waals surface area contributed by atoms with Crippen LogP contribution >= 0.6 is 0 Å². The third-order valence-electron chi connectivity index (χ3n) is 8.27. The van der Waals surface area contributed by atoms with Gasteiger partial charge in [0.25, 0.3) is 11.7 Å². The Morgan fingerprint density at radius 2 is 1.76 bits per heavy atom. The Kier molecular flexibility index (Phi) is 9.13. The fourth-order valence-corrected chi connectivity index (χ4v) is 6.09. The van der Waals surface area contributed by atoms with Gasteiger partial charge in [0.15, 0.2) is 17.3 Å². The number of nitrogens with zero attached hydrogens (tertiary/aromatic N) is 4. The van der Waals surface area contributed by atoms with E-state index >= 15 is 0 Å². The van der Waals surface area contributed by atoms with Gasteiger partial charge in [-0.25, -0.2) is 4.98 Å². The lowest BCUT2D eigenvalue weighted by Gasteiger charge is -2.29. The van der Waals surface area contributed by atoms with E-state index in [2.05, 4.69) is 9.88 Å². The molecule has 2 aromatic heterocycles. The van der Waals surface area contributed by atoms with Crippen molar-refractivity contribution in [3.8, 4) is 11.5 Å². The molecule has 4 heterocycles. The molecule has 0 bridgehead atoms. The summed E-state index contributed by atoms with van der Waals surface area (Å²) in [5, 5.41) is 11.8. The molecule has 1 amide bonds. The number of rotatable bonds is 11. The molecule has 1 N–H and O–H groups in total. The van der Waals surface area contributed by atoms with Gasteiger partial charge in [0, 0.05) is 32.4 Å². The maximum atomic E-state index is 13.8. The number of amides is 1. The molecule has 1 unspecified atom stereocenters. The first kappa shape index (κ1) is 30.4. The second-order valence-electron chi connectivity index (χ2n) is 11.2. The first-order valence-corrected chi connectivity index (χ1v) is 15.4. The van der Waals surface area contributed by atoms with E-state index in [-0.39, 0.29) is 11.3 Å². The molecule has 2 aliphatic rings. The SMILES string of the molecule is CCOc1cc(C2C(=C(O)c3c(C)nc4ccccn34)C(=O)C(=O)N2CCCN2CCOCC2)ccc1OCc1ccccc1. The minimum absolute atomic E-state index is 0.0283. The van der Waals surface area contributed by atoms with Gasteiger partial charge in [-0.2, -0.15) is 0 Å². The number of aryl methyl sites for hydroxylation is 1. The second-order valence-corrected chi connectivity index (χ2v) is 11.2. The first-order valence-electron chi connectivity index (χ1n) is 15.4. The lowest BCUT2D eigenvalue weighted by atomic mass is 9.95. The number of hydrogen-bond donors (Lipinski definition) is 1. The minimum Gasteiger partial charge on any atom is -0.505 e. The number of benzene rings is 2. The number of aliphatic hydroxyl groups excluding tert-OH is 1. The maximum absolute atomic E-state index is 13.8. The quantitative estimate of drug-likeness (QED) is 0.147. The average Bonchev–Trinajstić information content (AvgIpc) is 3.53. The standard InChI is InChI=1S/C35H38N4O6/c1-3-44-28-22-26(13-14-27(28)45-23-25-10-5-4-6-11-25)32-30(33(40)31-24(2)36-29-12-7-8-16-38(29)31)34(41)35(42)39(32)17-9-15-37-18-20-43-21-19-37/h4-8,10-14,16,22,32,40H,3,9,15,17-21,23H2,1-2H3. The summed E-state index contributed by atoms with van der Waals surface area (Å²) in [6, 6.07) is 20.0. The number of carbonyl (C=O) groups excluding carboxylic acids is 2. The van der Waals surface area contributed by atoms with Gasteiger partial charge in [-0.05, 0) is 55.7 Å².